The molecule has 0 unspecified atom stereocenters. The van der Waals surface area contributed by atoms with Crippen LogP contribution in [0.2, 0.25) is 10.0 Å². The molecule has 1 fully saturated rings. The Kier molecular flexibility index (Phi) is 9.26. The molecule has 2 aromatic carbocycles. The third-order valence-corrected chi connectivity index (χ3v) is 6.90. The number of nitrogens with zero attached hydrogens (tertiary/aromatic N) is 1. The van der Waals surface area contributed by atoms with E-state index in [1.165, 1.54) is 11.3 Å². The molecule has 0 saturated heterocycles. The minimum atomic E-state index is -0.660. The van der Waals surface area contributed by atoms with Crippen LogP contribution in [0.5, 0.6) is 5.75 Å². The highest BCUT2D eigenvalue weighted by Gasteiger charge is 2.28. The van der Waals surface area contributed by atoms with E-state index in [9.17, 15) is 9.59 Å². The van der Waals surface area contributed by atoms with Gasteiger partial charge >= 0.3 is 0 Å². The number of amides is 2. The van der Waals surface area contributed by atoms with Crippen LogP contribution in [0.4, 0.5) is 0 Å². The number of carbonyl (C=O) groups is 2. The topological polar surface area (TPSA) is 58.6 Å². The molecular formula is C24H27BrCl2N2O3. The number of hydrogen-bond acceptors (Lipinski definition) is 3. The second-order valence-corrected chi connectivity index (χ2v) is 9.76. The van der Waals surface area contributed by atoms with E-state index in [4.69, 9.17) is 27.9 Å². The van der Waals surface area contributed by atoms with Gasteiger partial charge in [0, 0.05) is 17.1 Å². The minimum absolute atomic E-state index is 0.158. The molecule has 2 aromatic rings. The second kappa shape index (κ2) is 11.9. The van der Waals surface area contributed by atoms with Gasteiger partial charge in [0.15, 0.2) is 6.61 Å². The Balaban J connectivity index is 1.72. The molecule has 0 aliphatic heterocycles. The third kappa shape index (κ3) is 7.12. The van der Waals surface area contributed by atoms with Gasteiger partial charge in [0.05, 0.1) is 10.0 Å². The van der Waals surface area contributed by atoms with Crippen LogP contribution >= 0.6 is 39.1 Å². The average Bonchev–Trinajstić information content (AvgIpc) is 2.79. The predicted octanol–water partition coefficient (Wildman–Crippen LogP) is 6.00. The molecule has 0 radical (unpaired) electrons. The van der Waals surface area contributed by atoms with Gasteiger partial charge in [0.2, 0.25) is 5.91 Å². The summed E-state index contributed by atoms with van der Waals surface area (Å²) in [5.41, 5.74) is 0.786. The van der Waals surface area contributed by atoms with Crippen LogP contribution in [0.3, 0.4) is 0 Å². The number of hydrogen-bond donors (Lipinski definition) is 1. The SMILES string of the molecule is C[C@H](C(=O)NC1CCCCC1)N(Cc1ccc(Cl)c(Cl)c1)C(=O)COc1ccc(Br)cc1. The first-order chi connectivity index (χ1) is 15.3. The smallest absolute Gasteiger partial charge is 0.261 e. The summed E-state index contributed by atoms with van der Waals surface area (Å²) < 4.78 is 6.59. The van der Waals surface area contributed by atoms with Crippen molar-refractivity contribution in [3.8, 4) is 5.75 Å². The van der Waals surface area contributed by atoms with Gasteiger partial charge < -0.3 is 15.0 Å². The molecule has 1 aliphatic rings. The number of carbonyl (C=O) groups excluding carboxylic acids is 2. The highest BCUT2D eigenvalue weighted by molar-refractivity contribution is 9.10. The molecule has 0 aromatic heterocycles. The van der Waals surface area contributed by atoms with Gasteiger partial charge in [0.1, 0.15) is 11.8 Å². The highest BCUT2D eigenvalue weighted by Crippen LogP contribution is 2.24. The molecule has 1 N–H and O–H groups in total. The van der Waals surface area contributed by atoms with E-state index in [0.717, 1.165) is 35.7 Å². The first-order valence-corrected chi connectivity index (χ1v) is 12.3. The summed E-state index contributed by atoms with van der Waals surface area (Å²) in [4.78, 5) is 27.6. The molecule has 1 saturated carbocycles. The van der Waals surface area contributed by atoms with Crippen molar-refractivity contribution < 1.29 is 14.3 Å². The monoisotopic (exact) mass is 540 g/mol. The van der Waals surface area contributed by atoms with E-state index in [1.807, 2.05) is 12.1 Å². The lowest BCUT2D eigenvalue weighted by atomic mass is 9.95. The zero-order chi connectivity index (χ0) is 23.1. The van der Waals surface area contributed by atoms with Crippen molar-refractivity contribution in [3.63, 3.8) is 0 Å². The summed E-state index contributed by atoms with van der Waals surface area (Å²) in [6.07, 6.45) is 5.40. The van der Waals surface area contributed by atoms with E-state index in [-0.39, 0.29) is 31.0 Å². The van der Waals surface area contributed by atoms with Crippen LogP contribution < -0.4 is 10.1 Å². The van der Waals surface area contributed by atoms with Gasteiger partial charge in [0.25, 0.3) is 5.91 Å². The number of rotatable bonds is 8. The van der Waals surface area contributed by atoms with Crippen molar-refractivity contribution in [1.82, 2.24) is 10.2 Å². The van der Waals surface area contributed by atoms with Crippen LogP contribution in [0, 0.1) is 0 Å². The first-order valence-electron chi connectivity index (χ1n) is 10.8. The Morgan fingerprint density at radius 1 is 1.09 bits per heavy atom. The van der Waals surface area contributed by atoms with E-state index >= 15 is 0 Å². The maximum absolute atomic E-state index is 13.1. The molecule has 1 atom stereocenters. The number of benzene rings is 2. The van der Waals surface area contributed by atoms with Crippen LogP contribution in [0.15, 0.2) is 46.9 Å². The quantitative estimate of drug-likeness (QED) is 0.445. The van der Waals surface area contributed by atoms with Crippen molar-refractivity contribution in [3.05, 3.63) is 62.5 Å². The molecule has 5 nitrogen and oxygen atoms in total. The van der Waals surface area contributed by atoms with E-state index in [1.54, 1.807) is 37.3 Å². The van der Waals surface area contributed by atoms with E-state index in [0.29, 0.717) is 15.8 Å². The number of nitrogens with one attached hydrogen (secondary N) is 1. The molecule has 3 rings (SSSR count). The Morgan fingerprint density at radius 2 is 1.78 bits per heavy atom. The summed E-state index contributed by atoms with van der Waals surface area (Å²) in [7, 11) is 0. The summed E-state index contributed by atoms with van der Waals surface area (Å²) in [5.74, 6) is 0.134. The molecule has 172 valence electrons. The fourth-order valence-corrected chi connectivity index (χ4v) is 4.33. The number of halogens is 3. The van der Waals surface area contributed by atoms with Gasteiger partial charge in [-0.15, -0.1) is 0 Å². The van der Waals surface area contributed by atoms with Crippen molar-refractivity contribution >= 4 is 50.9 Å². The van der Waals surface area contributed by atoms with Crippen LogP contribution in [0.1, 0.15) is 44.6 Å². The van der Waals surface area contributed by atoms with Crippen molar-refractivity contribution in [2.75, 3.05) is 6.61 Å². The van der Waals surface area contributed by atoms with Crippen molar-refractivity contribution in [1.29, 1.82) is 0 Å². The normalized spacial score (nSPS) is 15.1. The lowest BCUT2D eigenvalue weighted by Crippen LogP contribution is -2.51. The maximum Gasteiger partial charge on any atom is 0.261 e. The van der Waals surface area contributed by atoms with E-state index in [2.05, 4.69) is 21.2 Å². The van der Waals surface area contributed by atoms with Crippen LogP contribution in [-0.4, -0.2) is 35.4 Å². The van der Waals surface area contributed by atoms with Crippen molar-refractivity contribution in [2.45, 2.75) is 57.7 Å². The minimum Gasteiger partial charge on any atom is -0.484 e. The molecule has 0 heterocycles. The molecule has 1 aliphatic carbocycles. The maximum atomic E-state index is 13.1. The van der Waals surface area contributed by atoms with Gasteiger partial charge in [-0.3, -0.25) is 9.59 Å². The fourth-order valence-electron chi connectivity index (χ4n) is 3.74. The third-order valence-electron chi connectivity index (χ3n) is 5.63. The summed E-state index contributed by atoms with van der Waals surface area (Å²) in [6.45, 7) is 1.79. The zero-order valence-corrected chi connectivity index (χ0v) is 21.0. The second-order valence-electron chi connectivity index (χ2n) is 8.03. The molecule has 32 heavy (non-hydrogen) atoms. The van der Waals surface area contributed by atoms with Crippen molar-refractivity contribution in [2.24, 2.45) is 0 Å². The standard InChI is InChI=1S/C24H27BrCl2N2O3/c1-16(24(31)28-19-5-3-2-4-6-19)29(14-17-7-12-21(26)22(27)13-17)23(30)15-32-20-10-8-18(25)9-11-20/h7-13,16,19H,2-6,14-15H2,1H3,(H,28,31)/t16-/m1/s1. The predicted molar refractivity (Wildman–Crippen MR) is 131 cm³/mol. The summed E-state index contributed by atoms with van der Waals surface area (Å²) in [5, 5.41) is 3.96. The van der Waals surface area contributed by atoms with Gasteiger partial charge in [-0.05, 0) is 61.7 Å². The molecule has 8 heteroatoms. The molecule has 0 bridgehead atoms. The average molecular weight is 542 g/mol. The molecule has 0 spiro atoms. The molecule has 2 amide bonds. The Hall–Kier alpha value is -1.76. The Labute approximate surface area is 207 Å². The zero-order valence-electron chi connectivity index (χ0n) is 18.0. The van der Waals surface area contributed by atoms with Crippen LogP contribution in [-0.2, 0) is 16.1 Å². The Bertz CT molecular complexity index is 933. The van der Waals surface area contributed by atoms with Gasteiger partial charge in [-0.1, -0.05) is 64.5 Å². The fraction of sp³-hybridized carbons (Fsp3) is 0.417. The molecular weight excluding hydrogens is 515 g/mol. The summed E-state index contributed by atoms with van der Waals surface area (Å²) >= 11 is 15.6. The first kappa shape index (κ1) is 24.9. The van der Waals surface area contributed by atoms with Crippen LogP contribution in [0.25, 0.3) is 0 Å². The number of ether oxygens (including phenoxy) is 1. The Morgan fingerprint density at radius 3 is 2.44 bits per heavy atom. The highest BCUT2D eigenvalue weighted by atomic mass is 79.9. The van der Waals surface area contributed by atoms with Gasteiger partial charge in [-0.2, -0.15) is 0 Å². The van der Waals surface area contributed by atoms with Gasteiger partial charge in [-0.25, -0.2) is 0 Å². The summed E-state index contributed by atoms with van der Waals surface area (Å²) in [6, 6.07) is 11.9. The van der Waals surface area contributed by atoms with E-state index < -0.39 is 6.04 Å². The lowest BCUT2D eigenvalue weighted by Gasteiger charge is -2.31. The lowest BCUT2D eigenvalue weighted by molar-refractivity contribution is -0.142. The largest absolute Gasteiger partial charge is 0.484 e.